The molecule has 166 valence electrons. The molecular weight excluding hydrogens is 436 g/mol. The number of aromatic hydroxyl groups is 6. The Labute approximate surface area is 182 Å². The number of benzene rings is 3. The van der Waals surface area contributed by atoms with Crippen LogP contribution in [-0.2, 0) is 0 Å². The van der Waals surface area contributed by atoms with Crippen molar-refractivity contribution in [1.82, 2.24) is 0 Å². The second kappa shape index (κ2) is 6.57. The Morgan fingerprint density at radius 1 is 0.667 bits per heavy atom. The van der Waals surface area contributed by atoms with Gasteiger partial charge in [-0.15, -0.1) is 0 Å². The van der Waals surface area contributed by atoms with Gasteiger partial charge in [-0.2, -0.15) is 0 Å². The van der Waals surface area contributed by atoms with E-state index in [0.717, 1.165) is 24.3 Å². The fourth-order valence-electron chi connectivity index (χ4n) is 3.84. The van der Waals surface area contributed by atoms with Crippen molar-refractivity contribution in [1.29, 1.82) is 0 Å². The van der Waals surface area contributed by atoms with Crippen LogP contribution in [0.25, 0.3) is 44.0 Å². The van der Waals surface area contributed by atoms with E-state index in [2.05, 4.69) is 0 Å². The third kappa shape index (κ3) is 2.67. The Morgan fingerprint density at radius 2 is 1.30 bits per heavy atom. The van der Waals surface area contributed by atoms with Crippen LogP contribution in [0.15, 0.2) is 48.8 Å². The fraction of sp³-hybridized carbons (Fsp3) is 0.0435. The van der Waals surface area contributed by atoms with Crippen LogP contribution < -0.4 is 11.1 Å². The molecule has 0 bridgehead atoms. The summed E-state index contributed by atoms with van der Waals surface area (Å²) in [5.74, 6) is -3.97. The Hall–Kier alpha value is -4.86. The minimum Gasteiger partial charge on any atom is -0.507 e. The van der Waals surface area contributed by atoms with Crippen LogP contribution >= 0.6 is 0 Å². The molecule has 0 aliphatic heterocycles. The molecule has 5 rings (SSSR count). The molecule has 3 aromatic carbocycles. The first-order valence-corrected chi connectivity index (χ1v) is 9.46. The van der Waals surface area contributed by atoms with Crippen LogP contribution in [0.4, 0.5) is 0 Å². The maximum absolute atomic E-state index is 13.1. The first-order valence-electron chi connectivity index (χ1n) is 9.46. The molecule has 0 atom stereocenters. The zero-order valence-corrected chi connectivity index (χ0v) is 16.7. The highest BCUT2D eigenvalue weighted by molar-refractivity contribution is 6.19. The lowest BCUT2D eigenvalue weighted by Crippen LogP contribution is -2.06. The lowest BCUT2D eigenvalue weighted by molar-refractivity contribution is 0.403. The number of hydrogen-bond donors (Lipinski definition) is 6. The number of rotatable bonds is 1. The molecule has 0 saturated carbocycles. The third-order valence-corrected chi connectivity index (χ3v) is 5.51. The molecular formula is C23H14O10. The standard InChI is InChI=1S/C23H14O10/c1-7-17(28)16-18(29)19(30)21(8-2-3-11(24)12(25)4-8)32-22(16)15-9-5-13(26)14(27)6-10(9)23(31)33-20(7)15/h2-6,24-28,30H,1H3. The molecule has 5 aromatic rings. The molecule has 2 heterocycles. The molecule has 0 aliphatic rings. The quantitative estimate of drug-likeness (QED) is 0.126. The first-order chi connectivity index (χ1) is 15.6. The van der Waals surface area contributed by atoms with Gasteiger partial charge in [-0.25, -0.2) is 4.79 Å². The second-order valence-electron chi connectivity index (χ2n) is 7.47. The average Bonchev–Trinajstić information content (AvgIpc) is 2.77. The third-order valence-electron chi connectivity index (χ3n) is 5.51. The highest BCUT2D eigenvalue weighted by atomic mass is 16.4. The van der Waals surface area contributed by atoms with Gasteiger partial charge in [0.2, 0.25) is 11.2 Å². The molecule has 0 saturated heterocycles. The smallest absolute Gasteiger partial charge is 0.344 e. The van der Waals surface area contributed by atoms with E-state index in [4.69, 9.17) is 8.83 Å². The minimum absolute atomic E-state index is 0.00536. The van der Waals surface area contributed by atoms with E-state index in [1.807, 2.05) is 0 Å². The topological polar surface area (TPSA) is 182 Å². The number of phenols is 5. The molecule has 0 amide bonds. The van der Waals surface area contributed by atoms with E-state index in [0.29, 0.717) is 0 Å². The Bertz CT molecular complexity index is 1780. The van der Waals surface area contributed by atoms with Crippen molar-refractivity contribution in [2.24, 2.45) is 0 Å². The summed E-state index contributed by atoms with van der Waals surface area (Å²) in [6.45, 7) is 1.38. The first kappa shape index (κ1) is 20.1. The van der Waals surface area contributed by atoms with Crippen molar-refractivity contribution in [3.05, 3.63) is 56.5 Å². The summed E-state index contributed by atoms with van der Waals surface area (Å²) in [5.41, 5.74) is -2.28. The summed E-state index contributed by atoms with van der Waals surface area (Å²) >= 11 is 0. The van der Waals surface area contributed by atoms with Crippen LogP contribution in [0.5, 0.6) is 34.5 Å². The minimum atomic E-state index is -1.01. The summed E-state index contributed by atoms with van der Waals surface area (Å²) in [7, 11) is 0. The molecule has 0 fully saturated rings. The zero-order chi connectivity index (χ0) is 23.8. The van der Waals surface area contributed by atoms with Crippen molar-refractivity contribution in [2.45, 2.75) is 6.92 Å². The highest BCUT2D eigenvalue weighted by Gasteiger charge is 2.26. The van der Waals surface area contributed by atoms with Gasteiger partial charge >= 0.3 is 5.63 Å². The van der Waals surface area contributed by atoms with Crippen molar-refractivity contribution in [3.63, 3.8) is 0 Å². The molecule has 0 unspecified atom stereocenters. The largest absolute Gasteiger partial charge is 0.507 e. The molecule has 33 heavy (non-hydrogen) atoms. The average molecular weight is 450 g/mol. The predicted molar refractivity (Wildman–Crippen MR) is 116 cm³/mol. The summed E-state index contributed by atoms with van der Waals surface area (Å²) < 4.78 is 11.1. The summed E-state index contributed by atoms with van der Waals surface area (Å²) in [6.07, 6.45) is 0. The second-order valence-corrected chi connectivity index (χ2v) is 7.47. The lowest BCUT2D eigenvalue weighted by atomic mass is 9.99. The molecule has 10 nitrogen and oxygen atoms in total. The number of hydrogen-bond acceptors (Lipinski definition) is 10. The molecule has 10 heteroatoms. The van der Waals surface area contributed by atoms with Gasteiger partial charge in [0.1, 0.15) is 16.7 Å². The van der Waals surface area contributed by atoms with Gasteiger partial charge in [0.05, 0.1) is 10.8 Å². The van der Waals surface area contributed by atoms with Gasteiger partial charge in [-0.05, 0) is 37.3 Å². The maximum Gasteiger partial charge on any atom is 0.344 e. The van der Waals surface area contributed by atoms with Crippen LogP contribution in [-0.4, -0.2) is 30.6 Å². The van der Waals surface area contributed by atoms with Gasteiger partial charge < -0.3 is 39.5 Å². The number of fused-ring (bicyclic) bond motifs is 5. The van der Waals surface area contributed by atoms with Gasteiger partial charge in [-0.3, -0.25) is 4.79 Å². The molecule has 0 radical (unpaired) electrons. The van der Waals surface area contributed by atoms with Crippen molar-refractivity contribution < 1.29 is 39.5 Å². The number of aryl methyl sites for hydroxylation is 1. The van der Waals surface area contributed by atoms with Crippen molar-refractivity contribution >= 4 is 32.7 Å². The Morgan fingerprint density at radius 3 is 1.97 bits per heavy atom. The van der Waals surface area contributed by atoms with Gasteiger partial charge in [0.15, 0.2) is 34.3 Å². The van der Waals surface area contributed by atoms with Gasteiger partial charge in [0.25, 0.3) is 0 Å². The van der Waals surface area contributed by atoms with E-state index in [1.54, 1.807) is 0 Å². The van der Waals surface area contributed by atoms with Crippen LogP contribution in [0.3, 0.4) is 0 Å². The van der Waals surface area contributed by atoms with Gasteiger partial charge in [0, 0.05) is 16.5 Å². The Kier molecular flexibility index (Phi) is 3.99. The van der Waals surface area contributed by atoms with Crippen LogP contribution in [0.1, 0.15) is 5.56 Å². The van der Waals surface area contributed by atoms with Crippen LogP contribution in [0, 0.1) is 6.92 Å². The summed E-state index contributed by atoms with van der Waals surface area (Å²) in [4.78, 5) is 25.6. The van der Waals surface area contributed by atoms with Gasteiger partial charge in [-0.1, -0.05) is 0 Å². The SMILES string of the molecule is Cc1c(O)c2c(=O)c(O)c(-c3ccc(O)c(O)c3)oc2c2c1oc(=O)c1cc(O)c(O)cc12. The maximum atomic E-state index is 13.1. The predicted octanol–water partition coefficient (Wildman–Crippen LogP) is 3.26. The summed E-state index contributed by atoms with van der Waals surface area (Å²) in [6, 6.07) is 5.52. The van der Waals surface area contributed by atoms with E-state index in [-0.39, 0.29) is 38.5 Å². The van der Waals surface area contributed by atoms with E-state index in [9.17, 15) is 40.2 Å². The van der Waals surface area contributed by atoms with Crippen molar-refractivity contribution in [3.8, 4) is 45.8 Å². The highest BCUT2D eigenvalue weighted by Crippen LogP contribution is 2.43. The fourth-order valence-corrected chi connectivity index (χ4v) is 3.84. The molecule has 6 N–H and O–H groups in total. The number of phenolic OH excluding ortho intramolecular Hbond substituents is 5. The van der Waals surface area contributed by atoms with E-state index in [1.165, 1.54) is 13.0 Å². The zero-order valence-electron chi connectivity index (χ0n) is 16.7. The molecule has 0 aliphatic carbocycles. The van der Waals surface area contributed by atoms with Crippen LogP contribution in [0.2, 0.25) is 0 Å². The summed E-state index contributed by atoms with van der Waals surface area (Å²) in [5, 5.41) is 60.0. The van der Waals surface area contributed by atoms with Crippen molar-refractivity contribution in [2.75, 3.05) is 0 Å². The van der Waals surface area contributed by atoms with E-state index < -0.39 is 56.7 Å². The molecule has 2 aromatic heterocycles. The van der Waals surface area contributed by atoms with E-state index >= 15 is 0 Å². The monoisotopic (exact) mass is 450 g/mol. The Balaban J connectivity index is 2.08. The lowest BCUT2D eigenvalue weighted by Gasteiger charge is -2.13. The normalized spacial score (nSPS) is 11.5. The molecule has 0 spiro atoms.